The number of aryl methyl sites for hydroxylation is 1. The fraction of sp³-hybridized carbons (Fsp3) is 0.0556. The molecule has 5 nitrogen and oxygen atoms in total. The quantitative estimate of drug-likeness (QED) is 0.610. The van der Waals surface area contributed by atoms with Gasteiger partial charge in [-0.3, -0.25) is 9.59 Å². The molecule has 2 aromatic heterocycles. The van der Waals surface area contributed by atoms with Gasteiger partial charge in [-0.15, -0.1) is 0 Å². The molecule has 0 saturated heterocycles. The normalized spacial score (nSPS) is 11.0. The number of nitrogens with zero attached hydrogens (tertiary/aromatic N) is 2. The molecular weight excluding hydrogens is 322 g/mol. The van der Waals surface area contributed by atoms with E-state index in [0.717, 1.165) is 15.8 Å². The van der Waals surface area contributed by atoms with Crippen molar-refractivity contribution in [2.45, 2.75) is 6.92 Å². The number of aromatic nitrogens is 2. The molecule has 0 aliphatic heterocycles. The summed E-state index contributed by atoms with van der Waals surface area (Å²) >= 11 is 1.44. The van der Waals surface area contributed by atoms with Crippen LogP contribution < -0.4 is 10.9 Å². The van der Waals surface area contributed by atoms with Crippen LogP contribution in [0.3, 0.4) is 0 Å². The van der Waals surface area contributed by atoms with Gasteiger partial charge in [0.2, 0.25) is 0 Å². The lowest BCUT2D eigenvalue weighted by molar-refractivity contribution is 0.102. The number of benzene rings is 2. The summed E-state index contributed by atoms with van der Waals surface area (Å²) in [5.41, 5.74) is 2.18. The second kappa shape index (κ2) is 5.58. The van der Waals surface area contributed by atoms with Crippen molar-refractivity contribution in [3.05, 3.63) is 76.2 Å². The van der Waals surface area contributed by atoms with Crippen molar-refractivity contribution in [1.29, 1.82) is 0 Å². The molecule has 4 rings (SSSR count). The molecule has 24 heavy (non-hydrogen) atoms. The molecule has 0 bridgehead atoms. The van der Waals surface area contributed by atoms with E-state index in [-0.39, 0.29) is 17.2 Å². The van der Waals surface area contributed by atoms with Crippen LogP contribution in [0.4, 0.5) is 5.69 Å². The molecule has 0 radical (unpaired) electrons. The van der Waals surface area contributed by atoms with Crippen molar-refractivity contribution < 1.29 is 4.79 Å². The highest BCUT2D eigenvalue weighted by atomic mass is 32.1. The molecule has 0 aliphatic rings. The molecule has 0 spiro atoms. The van der Waals surface area contributed by atoms with Gasteiger partial charge in [0, 0.05) is 5.56 Å². The number of anilines is 1. The minimum absolute atomic E-state index is 0.169. The first-order valence-electron chi connectivity index (χ1n) is 7.41. The number of carbonyl (C=O) groups is 1. The molecule has 1 amide bonds. The summed E-state index contributed by atoms with van der Waals surface area (Å²) in [6, 6.07) is 14.8. The summed E-state index contributed by atoms with van der Waals surface area (Å²) in [4.78, 5) is 30.0. The Bertz CT molecular complexity index is 1140. The van der Waals surface area contributed by atoms with E-state index in [9.17, 15) is 9.59 Å². The first-order valence-corrected chi connectivity index (χ1v) is 8.22. The first kappa shape index (κ1) is 14.6. The highest BCUT2D eigenvalue weighted by Gasteiger charge is 2.13. The first-order chi connectivity index (χ1) is 11.6. The van der Waals surface area contributed by atoms with E-state index in [0.29, 0.717) is 10.5 Å². The lowest BCUT2D eigenvalue weighted by Gasteiger charge is -2.05. The molecule has 0 saturated carbocycles. The van der Waals surface area contributed by atoms with Gasteiger partial charge in [-0.05, 0) is 31.2 Å². The van der Waals surface area contributed by atoms with Crippen molar-refractivity contribution in [3.8, 4) is 0 Å². The van der Waals surface area contributed by atoms with E-state index in [1.807, 2.05) is 43.3 Å². The summed E-state index contributed by atoms with van der Waals surface area (Å²) in [7, 11) is 0. The Hall–Kier alpha value is -2.99. The zero-order chi connectivity index (χ0) is 16.7. The topological polar surface area (TPSA) is 63.5 Å². The molecule has 0 atom stereocenters. The number of carbonyl (C=O) groups excluding carboxylic acids is 1. The Labute approximate surface area is 141 Å². The maximum absolute atomic E-state index is 12.8. The third-order valence-electron chi connectivity index (χ3n) is 3.76. The lowest BCUT2D eigenvalue weighted by atomic mass is 10.1. The van der Waals surface area contributed by atoms with Gasteiger partial charge in [0.05, 0.1) is 16.4 Å². The molecule has 2 aromatic carbocycles. The van der Waals surface area contributed by atoms with Crippen LogP contribution in [-0.4, -0.2) is 15.3 Å². The highest BCUT2D eigenvalue weighted by Crippen LogP contribution is 2.23. The molecule has 1 N–H and O–H groups in total. The maximum Gasteiger partial charge on any atom is 0.282 e. The lowest BCUT2D eigenvalue weighted by Crippen LogP contribution is -2.22. The number of thiazole rings is 1. The number of fused-ring (bicyclic) bond motifs is 3. The van der Waals surface area contributed by atoms with Crippen LogP contribution in [0, 0.1) is 6.92 Å². The van der Waals surface area contributed by atoms with E-state index >= 15 is 0 Å². The van der Waals surface area contributed by atoms with Crippen LogP contribution in [-0.2, 0) is 0 Å². The molecular formula is C18H13N3O2S. The minimum atomic E-state index is -0.322. The second-order valence-electron chi connectivity index (χ2n) is 5.49. The monoisotopic (exact) mass is 335 g/mol. The van der Waals surface area contributed by atoms with Gasteiger partial charge in [0.1, 0.15) is 5.69 Å². The molecule has 6 heteroatoms. The van der Waals surface area contributed by atoms with Gasteiger partial charge in [-0.2, -0.15) is 0 Å². The number of para-hydroxylation sites is 1. The Morgan fingerprint density at radius 1 is 1.17 bits per heavy atom. The number of hydrogen-bond acceptors (Lipinski definition) is 4. The largest absolute Gasteiger partial charge is 0.316 e. The van der Waals surface area contributed by atoms with E-state index < -0.39 is 0 Å². The predicted octanol–water partition coefficient (Wildman–Crippen LogP) is 3.47. The third-order valence-corrected chi connectivity index (χ3v) is 4.80. The van der Waals surface area contributed by atoms with Gasteiger partial charge in [0.25, 0.3) is 11.5 Å². The molecule has 0 fully saturated rings. The van der Waals surface area contributed by atoms with Crippen molar-refractivity contribution in [3.63, 3.8) is 0 Å². The van der Waals surface area contributed by atoms with E-state index in [1.54, 1.807) is 12.1 Å². The summed E-state index contributed by atoms with van der Waals surface area (Å²) in [5, 5.41) is 2.67. The van der Waals surface area contributed by atoms with Crippen LogP contribution >= 0.6 is 11.3 Å². The maximum atomic E-state index is 12.8. The van der Waals surface area contributed by atoms with Crippen LogP contribution in [0.1, 0.15) is 15.9 Å². The van der Waals surface area contributed by atoms with Crippen molar-refractivity contribution >= 4 is 38.1 Å². The average molecular weight is 335 g/mol. The van der Waals surface area contributed by atoms with Crippen LogP contribution in [0.2, 0.25) is 0 Å². The van der Waals surface area contributed by atoms with Gasteiger partial charge >= 0.3 is 0 Å². The summed E-state index contributed by atoms with van der Waals surface area (Å²) in [6.07, 6.45) is 1.42. The van der Waals surface area contributed by atoms with Gasteiger partial charge in [-0.1, -0.05) is 41.2 Å². The van der Waals surface area contributed by atoms with Crippen molar-refractivity contribution in [1.82, 2.24) is 9.38 Å². The van der Waals surface area contributed by atoms with E-state index in [1.165, 1.54) is 21.9 Å². The second-order valence-corrected chi connectivity index (χ2v) is 6.50. The molecule has 2 heterocycles. The summed E-state index contributed by atoms with van der Waals surface area (Å²) < 4.78 is 2.51. The van der Waals surface area contributed by atoms with E-state index in [4.69, 9.17) is 0 Å². The Morgan fingerprint density at radius 3 is 2.83 bits per heavy atom. The van der Waals surface area contributed by atoms with Crippen LogP contribution in [0.15, 0.2) is 59.5 Å². The number of rotatable bonds is 2. The number of hydrogen-bond donors (Lipinski definition) is 1. The molecule has 0 aliphatic carbocycles. The van der Waals surface area contributed by atoms with Crippen molar-refractivity contribution in [2.24, 2.45) is 0 Å². The van der Waals surface area contributed by atoms with Gasteiger partial charge < -0.3 is 5.32 Å². The van der Waals surface area contributed by atoms with Crippen LogP contribution in [0.25, 0.3) is 15.2 Å². The zero-order valence-electron chi connectivity index (χ0n) is 12.8. The minimum Gasteiger partial charge on any atom is -0.316 e. The Balaban J connectivity index is 1.80. The van der Waals surface area contributed by atoms with E-state index in [2.05, 4.69) is 10.3 Å². The highest BCUT2D eigenvalue weighted by molar-refractivity contribution is 7.23. The fourth-order valence-corrected chi connectivity index (χ4v) is 3.60. The molecule has 4 aromatic rings. The van der Waals surface area contributed by atoms with Gasteiger partial charge in [0.15, 0.2) is 4.96 Å². The van der Waals surface area contributed by atoms with Crippen LogP contribution in [0.5, 0.6) is 0 Å². The fourth-order valence-electron chi connectivity index (χ4n) is 2.62. The van der Waals surface area contributed by atoms with Crippen molar-refractivity contribution in [2.75, 3.05) is 5.32 Å². The zero-order valence-corrected chi connectivity index (χ0v) is 13.6. The van der Waals surface area contributed by atoms with Gasteiger partial charge in [-0.25, -0.2) is 9.38 Å². The SMILES string of the molecule is Cc1cccc(C(=O)Nc2cnc3sc4ccccc4n3c2=O)c1. The third kappa shape index (κ3) is 2.37. The predicted molar refractivity (Wildman–Crippen MR) is 96.0 cm³/mol. The number of nitrogens with one attached hydrogen (secondary N) is 1. The number of amides is 1. The smallest absolute Gasteiger partial charge is 0.282 e. The standard InChI is InChI=1S/C18H13N3O2S/c1-11-5-4-6-12(9-11)16(22)20-13-10-19-18-21(17(13)23)14-7-2-3-8-15(14)24-18/h2-10H,1H3,(H,20,22). The summed E-state index contributed by atoms with van der Waals surface area (Å²) in [6.45, 7) is 1.91. The Kier molecular flexibility index (Phi) is 3.39. The molecule has 118 valence electrons. The summed E-state index contributed by atoms with van der Waals surface area (Å²) in [5.74, 6) is -0.322. The Morgan fingerprint density at radius 2 is 2.00 bits per heavy atom. The average Bonchev–Trinajstić information content (AvgIpc) is 2.96. The molecule has 0 unspecified atom stereocenters.